The van der Waals surface area contributed by atoms with Gasteiger partial charge in [0.1, 0.15) is 5.56 Å². The van der Waals surface area contributed by atoms with Crippen molar-refractivity contribution >= 4 is 23.3 Å². The van der Waals surface area contributed by atoms with Crippen LogP contribution in [0.2, 0.25) is 5.02 Å². The largest absolute Gasteiger partial charge is 0.478 e. The Morgan fingerprint density at radius 1 is 1.20 bits per heavy atom. The highest BCUT2D eigenvalue weighted by molar-refractivity contribution is 6.34. The minimum Gasteiger partial charge on any atom is -0.478 e. The molecule has 0 fully saturated rings. The molecule has 0 aliphatic heterocycles. The molecule has 2 aromatic rings. The first kappa shape index (κ1) is 14.4. The molecule has 0 spiro atoms. The molecule has 0 bridgehead atoms. The Labute approximate surface area is 123 Å². The minimum atomic E-state index is -1.01. The van der Waals surface area contributed by atoms with Crippen LogP contribution in [-0.4, -0.2) is 18.1 Å². The van der Waals surface area contributed by atoms with Crippen molar-refractivity contribution in [1.82, 2.24) is 0 Å². The van der Waals surface area contributed by atoms with Gasteiger partial charge in [-0.1, -0.05) is 41.9 Å². The van der Waals surface area contributed by atoms with Crippen LogP contribution >= 0.6 is 11.6 Å². The molecule has 0 heterocycles. The summed E-state index contributed by atoms with van der Waals surface area (Å²) in [5.41, 5.74) is 3.10. The lowest BCUT2D eigenvalue weighted by Crippen LogP contribution is -2.20. The average molecular weight is 290 g/mol. The Balaban J connectivity index is 2.35. The molecule has 0 aliphatic carbocycles. The molecule has 4 heteroatoms. The molecule has 20 heavy (non-hydrogen) atoms. The van der Waals surface area contributed by atoms with Gasteiger partial charge in [-0.2, -0.15) is 0 Å². The van der Waals surface area contributed by atoms with Crippen molar-refractivity contribution < 1.29 is 9.90 Å². The van der Waals surface area contributed by atoms with E-state index in [1.165, 1.54) is 5.56 Å². The summed E-state index contributed by atoms with van der Waals surface area (Å²) < 4.78 is 0. The molecule has 3 nitrogen and oxygen atoms in total. The average Bonchev–Trinajstić information content (AvgIpc) is 2.40. The maximum absolute atomic E-state index is 11.4. The normalized spacial score (nSPS) is 10.3. The monoisotopic (exact) mass is 289 g/mol. The highest BCUT2D eigenvalue weighted by atomic mass is 35.5. The number of halogens is 1. The van der Waals surface area contributed by atoms with Crippen molar-refractivity contribution in [2.45, 2.75) is 13.5 Å². The molecule has 2 rings (SSSR count). The third-order valence-electron chi connectivity index (χ3n) is 3.29. The van der Waals surface area contributed by atoms with E-state index in [0.717, 1.165) is 5.56 Å². The molecule has 2 aromatic carbocycles. The van der Waals surface area contributed by atoms with E-state index < -0.39 is 5.97 Å². The number of carboxylic acids is 1. The van der Waals surface area contributed by atoms with E-state index in [1.54, 1.807) is 18.2 Å². The van der Waals surface area contributed by atoms with Crippen molar-refractivity contribution in [3.63, 3.8) is 0 Å². The van der Waals surface area contributed by atoms with Gasteiger partial charge >= 0.3 is 5.97 Å². The number of carboxylic acid groups (broad SMARTS) is 1. The zero-order chi connectivity index (χ0) is 14.7. The van der Waals surface area contributed by atoms with E-state index in [9.17, 15) is 9.90 Å². The summed E-state index contributed by atoms with van der Waals surface area (Å²) in [6.45, 7) is 2.67. The smallest absolute Gasteiger partial charge is 0.339 e. The second-order valence-corrected chi connectivity index (χ2v) is 5.13. The lowest BCUT2D eigenvalue weighted by atomic mass is 10.1. The summed E-state index contributed by atoms with van der Waals surface area (Å²) in [5.74, 6) is -1.01. The van der Waals surface area contributed by atoms with Crippen LogP contribution in [0.15, 0.2) is 42.5 Å². The summed E-state index contributed by atoms with van der Waals surface area (Å²) in [4.78, 5) is 13.3. The fraction of sp³-hybridized carbons (Fsp3) is 0.188. The van der Waals surface area contributed by atoms with Crippen LogP contribution in [0.3, 0.4) is 0 Å². The Kier molecular flexibility index (Phi) is 4.30. The number of rotatable bonds is 4. The van der Waals surface area contributed by atoms with Crippen LogP contribution in [0.4, 0.5) is 5.69 Å². The summed E-state index contributed by atoms with van der Waals surface area (Å²) >= 11 is 6.00. The SMILES string of the molecule is Cc1ccccc1CN(C)c1cccc(Cl)c1C(=O)O. The molecule has 0 unspecified atom stereocenters. The van der Waals surface area contributed by atoms with Gasteiger partial charge in [0, 0.05) is 13.6 Å². The number of benzene rings is 2. The standard InChI is InChI=1S/C16H16ClNO2/c1-11-6-3-4-7-12(11)10-18(2)14-9-5-8-13(17)15(14)16(19)20/h3-9H,10H2,1-2H3,(H,19,20). The third-order valence-corrected chi connectivity index (χ3v) is 3.60. The maximum Gasteiger partial charge on any atom is 0.339 e. The molecule has 0 atom stereocenters. The number of anilines is 1. The highest BCUT2D eigenvalue weighted by Gasteiger charge is 2.17. The zero-order valence-electron chi connectivity index (χ0n) is 11.4. The third kappa shape index (κ3) is 2.94. The topological polar surface area (TPSA) is 40.5 Å². The van der Waals surface area contributed by atoms with Gasteiger partial charge in [0.25, 0.3) is 0 Å². The van der Waals surface area contributed by atoms with Gasteiger partial charge in [-0.15, -0.1) is 0 Å². The van der Waals surface area contributed by atoms with E-state index in [-0.39, 0.29) is 10.6 Å². The fourth-order valence-corrected chi connectivity index (χ4v) is 2.42. The Hall–Kier alpha value is -2.00. The van der Waals surface area contributed by atoms with Crippen LogP contribution in [-0.2, 0) is 6.54 Å². The number of aryl methyl sites for hydroxylation is 1. The van der Waals surface area contributed by atoms with Gasteiger partial charge in [-0.25, -0.2) is 4.79 Å². The van der Waals surface area contributed by atoms with Crippen LogP contribution in [0, 0.1) is 6.92 Å². The lowest BCUT2D eigenvalue weighted by Gasteiger charge is -2.22. The summed E-state index contributed by atoms with van der Waals surface area (Å²) in [5, 5.41) is 9.56. The van der Waals surface area contributed by atoms with E-state index in [2.05, 4.69) is 0 Å². The van der Waals surface area contributed by atoms with Gasteiger partial charge in [-0.3, -0.25) is 0 Å². The van der Waals surface area contributed by atoms with Crippen molar-refractivity contribution in [2.24, 2.45) is 0 Å². The number of hydrogen-bond donors (Lipinski definition) is 1. The van der Waals surface area contributed by atoms with Gasteiger partial charge in [-0.05, 0) is 30.2 Å². The minimum absolute atomic E-state index is 0.144. The fourth-order valence-electron chi connectivity index (χ4n) is 2.17. The lowest BCUT2D eigenvalue weighted by molar-refractivity contribution is 0.0697. The van der Waals surface area contributed by atoms with Crippen LogP contribution in [0.1, 0.15) is 21.5 Å². The Bertz CT molecular complexity index is 640. The number of aromatic carboxylic acids is 1. The van der Waals surface area contributed by atoms with Gasteiger partial charge in [0.15, 0.2) is 0 Å². The molecular formula is C16H16ClNO2. The Morgan fingerprint density at radius 3 is 2.55 bits per heavy atom. The van der Waals surface area contributed by atoms with Crippen LogP contribution in [0.25, 0.3) is 0 Å². The van der Waals surface area contributed by atoms with Gasteiger partial charge in [0.2, 0.25) is 0 Å². The van der Waals surface area contributed by atoms with Crippen molar-refractivity contribution in [1.29, 1.82) is 0 Å². The van der Waals surface area contributed by atoms with Gasteiger partial charge in [0.05, 0.1) is 10.7 Å². The van der Waals surface area contributed by atoms with Crippen molar-refractivity contribution in [3.8, 4) is 0 Å². The molecule has 0 aromatic heterocycles. The predicted molar refractivity (Wildman–Crippen MR) is 81.7 cm³/mol. The summed E-state index contributed by atoms with van der Waals surface area (Å²) in [7, 11) is 1.87. The molecule has 0 radical (unpaired) electrons. The van der Waals surface area contributed by atoms with Crippen LogP contribution in [0.5, 0.6) is 0 Å². The highest BCUT2D eigenvalue weighted by Crippen LogP contribution is 2.28. The number of nitrogens with zero attached hydrogens (tertiary/aromatic N) is 1. The molecule has 0 saturated carbocycles. The van der Waals surface area contributed by atoms with E-state index >= 15 is 0 Å². The van der Waals surface area contributed by atoms with E-state index in [4.69, 9.17) is 11.6 Å². The summed E-state index contributed by atoms with van der Waals surface area (Å²) in [6.07, 6.45) is 0. The van der Waals surface area contributed by atoms with Crippen molar-refractivity contribution in [3.05, 3.63) is 64.2 Å². The molecule has 0 amide bonds. The molecule has 0 aliphatic rings. The Morgan fingerprint density at radius 2 is 1.90 bits per heavy atom. The summed E-state index contributed by atoms with van der Waals surface area (Å²) in [6, 6.07) is 13.2. The quantitative estimate of drug-likeness (QED) is 0.925. The number of carbonyl (C=O) groups is 1. The maximum atomic E-state index is 11.4. The first-order valence-electron chi connectivity index (χ1n) is 6.28. The molecule has 104 valence electrons. The molecular weight excluding hydrogens is 274 g/mol. The second kappa shape index (κ2) is 5.97. The predicted octanol–water partition coefficient (Wildman–Crippen LogP) is 3.98. The molecule has 1 N–H and O–H groups in total. The first-order valence-corrected chi connectivity index (χ1v) is 6.66. The first-order chi connectivity index (χ1) is 9.50. The van der Waals surface area contributed by atoms with E-state index in [1.807, 2.05) is 43.1 Å². The second-order valence-electron chi connectivity index (χ2n) is 4.72. The van der Waals surface area contributed by atoms with Gasteiger partial charge < -0.3 is 10.0 Å². The molecule has 0 saturated heterocycles. The van der Waals surface area contributed by atoms with Crippen molar-refractivity contribution in [2.75, 3.05) is 11.9 Å². The van der Waals surface area contributed by atoms with E-state index in [0.29, 0.717) is 12.2 Å². The number of hydrogen-bond acceptors (Lipinski definition) is 2. The van der Waals surface area contributed by atoms with Crippen LogP contribution < -0.4 is 4.90 Å². The zero-order valence-corrected chi connectivity index (χ0v) is 12.2.